The van der Waals surface area contributed by atoms with Crippen molar-refractivity contribution < 1.29 is 0 Å². The van der Waals surface area contributed by atoms with Crippen molar-refractivity contribution in [3.63, 3.8) is 0 Å². The molecule has 0 spiro atoms. The van der Waals surface area contributed by atoms with Crippen LogP contribution >= 0.6 is 0 Å². The summed E-state index contributed by atoms with van der Waals surface area (Å²) in [6.45, 7) is 11.8. The van der Waals surface area contributed by atoms with E-state index < -0.39 is 0 Å². The van der Waals surface area contributed by atoms with Crippen LogP contribution in [0, 0.1) is 0 Å². The van der Waals surface area contributed by atoms with E-state index in [4.69, 9.17) is 0 Å². The fourth-order valence-corrected chi connectivity index (χ4v) is 1.11. The molecule has 0 N–H and O–H groups in total. The molecule has 0 saturated heterocycles. The van der Waals surface area contributed by atoms with Crippen LogP contribution in [-0.2, 0) is 0 Å². The predicted molar refractivity (Wildman–Crippen MR) is 61.8 cm³/mol. The van der Waals surface area contributed by atoms with Crippen molar-refractivity contribution in [3.05, 3.63) is 48.6 Å². The van der Waals surface area contributed by atoms with E-state index in [0.29, 0.717) is 0 Å². The lowest BCUT2D eigenvalue weighted by atomic mass is 10.0. The van der Waals surface area contributed by atoms with Gasteiger partial charge in [-0.1, -0.05) is 43.4 Å². The van der Waals surface area contributed by atoms with Crippen molar-refractivity contribution in [2.45, 2.75) is 33.1 Å². The van der Waals surface area contributed by atoms with Gasteiger partial charge in [0.1, 0.15) is 0 Å². The molecule has 0 aliphatic rings. The van der Waals surface area contributed by atoms with E-state index in [2.05, 4.69) is 33.1 Å². The second-order valence-corrected chi connectivity index (χ2v) is 3.08. The summed E-state index contributed by atoms with van der Waals surface area (Å²) in [5, 5.41) is 0. The molecule has 0 atom stereocenters. The molecular formula is C13H20. The van der Waals surface area contributed by atoms with Crippen molar-refractivity contribution >= 4 is 0 Å². The van der Waals surface area contributed by atoms with Gasteiger partial charge < -0.3 is 0 Å². The third kappa shape index (κ3) is 5.24. The van der Waals surface area contributed by atoms with Crippen LogP contribution in [0.3, 0.4) is 0 Å². The summed E-state index contributed by atoms with van der Waals surface area (Å²) in [5.41, 5.74) is 2.88. The number of rotatable bonds is 6. The van der Waals surface area contributed by atoms with Crippen molar-refractivity contribution in [2.75, 3.05) is 0 Å². The fraction of sp³-hybridized carbons (Fsp3) is 0.385. The minimum absolute atomic E-state index is 1.05. The second-order valence-electron chi connectivity index (χ2n) is 3.08. The maximum Gasteiger partial charge on any atom is -0.0245 e. The Bertz CT molecular complexity index is 216. The largest absolute Gasteiger partial charge is 0.103 e. The van der Waals surface area contributed by atoms with Gasteiger partial charge in [-0.15, -0.1) is 6.58 Å². The zero-order valence-electron chi connectivity index (χ0n) is 8.84. The first-order valence-electron chi connectivity index (χ1n) is 4.84. The molecule has 0 saturated carbocycles. The van der Waals surface area contributed by atoms with Crippen LogP contribution in [0.15, 0.2) is 48.6 Å². The van der Waals surface area contributed by atoms with Crippen molar-refractivity contribution in [2.24, 2.45) is 0 Å². The fourth-order valence-electron chi connectivity index (χ4n) is 1.11. The van der Waals surface area contributed by atoms with Gasteiger partial charge in [-0.25, -0.2) is 0 Å². The lowest BCUT2D eigenvalue weighted by molar-refractivity contribution is 0.954. The van der Waals surface area contributed by atoms with Gasteiger partial charge in [0.05, 0.1) is 0 Å². The van der Waals surface area contributed by atoms with E-state index in [1.54, 1.807) is 0 Å². The molecule has 72 valence electrons. The Morgan fingerprint density at radius 2 is 2.00 bits per heavy atom. The van der Waals surface area contributed by atoms with E-state index in [1.165, 1.54) is 11.1 Å². The van der Waals surface area contributed by atoms with Gasteiger partial charge in [0.15, 0.2) is 0 Å². The molecule has 0 bridgehead atoms. The van der Waals surface area contributed by atoms with E-state index >= 15 is 0 Å². The maximum absolute atomic E-state index is 3.73. The van der Waals surface area contributed by atoms with Gasteiger partial charge in [-0.2, -0.15) is 0 Å². The highest BCUT2D eigenvalue weighted by atomic mass is 14.0. The summed E-state index contributed by atoms with van der Waals surface area (Å²) < 4.78 is 0. The van der Waals surface area contributed by atoms with Gasteiger partial charge in [0.25, 0.3) is 0 Å². The molecule has 0 rings (SSSR count). The summed E-state index contributed by atoms with van der Waals surface area (Å²) in [6.07, 6.45) is 11.2. The molecular weight excluding hydrogens is 156 g/mol. The van der Waals surface area contributed by atoms with E-state index in [0.717, 1.165) is 19.3 Å². The normalized spacial score (nSPS) is 12.8. The predicted octanol–water partition coefficient (Wildman–Crippen LogP) is 4.42. The van der Waals surface area contributed by atoms with Gasteiger partial charge in [0.2, 0.25) is 0 Å². The Morgan fingerprint density at radius 3 is 2.46 bits per heavy atom. The Morgan fingerprint density at radius 1 is 1.31 bits per heavy atom. The van der Waals surface area contributed by atoms with Crippen molar-refractivity contribution in [1.29, 1.82) is 0 Å². The second kappa shape index (κ2) is 7.60. The topological polar surface area (TPSA) is 0 Å². The van der Waals surface area contributed by atoms with Crippen LogP contribution in [0.1, 0.15) is 33.1 Å². The van der Waals surface area contributed by atoms with Gasteiger partial charge in [-0.05, 0) is 31.8 Å². The molecule has 0 heteroatoms. The van der Waals surface area contributed by atoms with E-state index in [1.807, 2.05) is 18.2 Å². The first kappa shape index (κ1) is 12.0. The zero-order valence-corrected chi connectivity index (χ0v) is 8.84. The molecule has 0 radical (unpaired) electrons. The van der Waals surface area contributed by atoms with Crippen LogP contribution in [-0.4, -0.2) is 0 Å². The third-order valence-corrected chi connectivity index (χ3v) is 2.13. The van der Waals surface area contributed by atoms with Crippen LogP contribution < -0.4 is 0 Å². The Labute approximate surface area is 82.4 Å². The average molecular weight is 176 g/mol. The van der Waals surface area contributed by atoms with Crippen LogP contribution in [0.4, 0.5) is 0 Å². The zero-order chi connectivity index (χ0) is 10.1. The first-order chi connectivity index (χ1) is 6.26. The van der Waals surface area contributed by atoms with Crippen LogP contribution in [0.25, 0.3) is 0 Å². The Hall–Kier alpha value is -1.04. The van der Waals surface area contributed by atoms with Crippen LogP contribution in [0.5, 0.6) is 0 Å². The summed E-state index contributed by atoms with van der Waals surface area (Å²) in [7, 11) is 0. The SMILES string of the molecule is C=C/C=C\C(CCC=C)=C(\C)CC. The highest BCUT2D eigenvalue weighted by Crippen LogP contribution is 2.15. The monoisotopic (exact) mass is 176 g/mol. The third-order valence-electron chi connectivity index (χ3n) is 2.13. The Balaban J connectivity index is 4.43. The number of allylic oxidation sites excluding steroid dienone is 6. The lowest BCUT2D eigenvalue weighted by Gasteiger charge is -2.04. The molecule has 0 aromatic heterocycles. The van der Waals surface area contributed by atoms with Gasteiger partial charge in [-0.3, -0.25) is 0 Å². The highest BCUT2D eigenvalue weighted by Gasteiger charge is 1.95. The molecule has 0 aromatic carbocycles. The quantitative estimate of drug-likeness (QED) is 0.415. The molecule has 0 fully saturated rings. The number of hydrogen-bond donors (Lipinski definition) is 0. The van der Waals surface area contributed by atoms with Crippen molar-refractivity contribution in [3.8, 4) is 0 Å². The van der Waals surface area contributed by atoms with Crippen LogP contribution in [0.2, 0.25) is 0 Å². The summed E-state index contributed by atoms with van der Waals surface area (Å²) in [5.74, 6) is 0. The molecule has 0 heterocycles. The molecule has 0 unspecified atom stereocenters. The van der Waals surface area contributed by atoms with E-state index in [-0.39, 0.29) is 0 Å². The minimum atomic E-state index is 1.05. The lowest BCUT2D eigenvalue weighted by Crippen LogP contribution is -1.84. The smallest absolute Gasteiger partial charge is 0.0245 e. The highest BCUT2D eigenvalue weighted by molar-refractivity contribution is 5.26. The number of hydrogen-bond acceptors (Lipinski definition) is 0. The molecule has 0 nitrogen and oxygen atoms in total. The molecule has 0 aromatic rings. The molecule has 0 amide bonds. The van der Waals surface area contributed by atoms with Gasteiger partial charge >= 0.3 is 0 Å². The standard InChI is InChI=1S/C13H20/c1-5-8-10-13(11-9-6-2)12(4)7-3/h5-6,8,10H,1-2,7,9,11H2,3-4H3/b10-8-,13-12+. The minimum Gasteiger partial charge on any atom is -0.103 e. The summed E-state index contributed by atoms with van der Waals surface area (Å²) in [6, 6.07) is 0. The summed E-state index contributed by atoms with van der Waals surface area (Å²) in [4.78, 5) is 0. The average Bonchev–Trinajstić information content (AvgIpc) is 2.17. The molecule has 0 aliphatic heterocycles. The van der Waals surface area contributed by atoms with Crippen molar-refractivity contribution in [1.82, 2.24) is 0 Å². The summed E-state index contributed by atoms with van der Waals surface area (Å²) >= 11 is 0. The molecule has 13 heavy (non-hydrogen) atoms. The molecule has 0 aliphatic carbocycles. The Kier molecular flexibility index (Phi) is 6.99. The van der Waals surface area contributed by atoms with Gasteiger partial charge in [0, 0.05) is 0 Å². The first-order valence-corrected chi connectivity index (χ1v) is 4.84. The van der Waals surface area contributed by atoms with E-state index in [9.17, 15) is 0 Å². The maximum atomic E-state index is 3.73.